The first-order valence-corrected chi connectivity index (χ1v) is 12.5. The maximum absolute atomic E-state index is 13.1. The molecule has 30 heavy (non-hydrogen) atoms. The van der Waals surface area contributed by atoms with E-state index in [0.29, 0.717) is 28.7 Å². The van der Waals surface area contributed by atoms with Gasteiger partial charge in [0.2, 0.25) is 5.78 Å². The second-order valence-electron chi connectivity index (χ2n) is 7.06. The number of thiophene rings is 1. The number of benzene rings is 2. The lowest BCUT2D eigenvalue weighted by atomic mass is 10.1. The Balaban J connectivity index is 1.72. The standard InChI is InChI=1S/C22H20ClNO4S2/c1-30(26,27)18-8-4-16(5-9-18)21(25)20-14-19(15-2-6-17(23)7-3-15)22(29-20)24-10-12-28-13-11-24/h2-9,14H,10-13H2,1H3. The van der Waals surface area contributed by atoms with E-state index < -0.39 is 9.84 Å². The molecule has 2 aromatic carbocycles. The van der Waals surface area contributed by atoms with E-state index in [1.54, 1.807) is 12.1 Å². The summed E-state index contributed by atoms with van der Waals surface area (Å²) in [5, 5.41) is 1.68. The van der Waals surface area contributed by atoms with Crippen LogP contribution in [0.3, 0.4) is 0 Å². The molecule has 0 N–H and O–H groups in total. The summed E-state index contributed by atoms with van der Waals surface area (Å²) >= 11 is 7.49. The molecule has 2 heterocycles. The van der Waals surface area contributed by atoms with Gasteiger partial charge in [-0.05, 0) is 48.0 Å². The average Bonchev–Trinajstić information content (AvgIpc) is 3.19. The molecule has 0 bridgehead atoms. The zero-order valence-corrected chi connectivity index (χ0v) is 18.7. The Hall–Kier alpha value is -2.19. The molecule has 0 atom stereocenters. The van der Waals surface area contributed by atoms with Crippen LogP contribution >= 0.6 is 22.9 Å². The molecule has 0 radical (unpaired) electrons. The molecule has 8 heteroatoms. The molecular weight excluding hydrogens is 442 g/mol. The lowest BCUT2D eigenvalue weighted by Gasteiger charge is -2.28. The molecule has 0 unspecified atom stereocenters. The maximum Gasteiger partial charge on any atom is 0.203 e. The van der Waals surface area contributed by atoms with Crippen molar-refractivity contribution < 1.29 is 17.9 Å². The van der Waals surface area contributed by atoms with Gasteiger partial charge < -0.3 is 9.64 Å². The van der Waals surface area contributed by atoms with Crippen molar-refractivity contribution in [3.8, 4) is 11.1 Å². The van der Waals surface area contributed by atoms with Crippen LogP contribution in [0.2, 0.25) is 5.02 Å². The van der Waals surface area contributed by atoms with Gasteiger partial charge in [-0.3, -0.25) is 4.79 Å². The van der Waals surface area contributed by atoms with E-state index in [-0.39, 0.29) is 10.7 Å². The number of anilines is 1. The van der Waals surface area contributed by atoms with E-state index in [4.69, 9.17) is 16.3 Å². The van der Waals surface area contributed by atoms with Gasteiger partial charge in [-0.2, -0.15) is 0 Å². The predicted octanol–water partition coefficient (Wildman–Crippen LogP) is 4.54. The number of ether oxygens (including phenoxy) is 1. The SMILES string of the molecule is CS(=O)(=O)c1ccc(C(=O)c2cc(-c3ccc(Cl)cc3)c(N3CCOCC3)s2)cc1. The highest BCUT2D eigenvalue weighted by Gasteiger charge is 2.23. The Morgan fingerprint density at radius 1 is 1.03 bits per heavy atom. The highest BCUT2D eigenvalue weighted by Crippen LogP contribution is 2.40. The molecule has 0 aliphatic carbocycles. The number of hydrogen-bond acceptors (Lipinski definition) is 6. The summed E-state index contributed by atoms with van der Waals surface area (Å²) in [4.78, 5) is 16.2. The third-order valence-corrected chi connectivity index (χ3v) is 7.51. The molecule has 1 saturated heterocycles. The first-order valence-electron chi connectivity index (χ1n) is 9.40. The molecule has 0 spiro atoms. The van der Waals surface area contributed by atoms with Crippen LogP contribution in [0, 0.1) is 0 Å². The smallest absolute Gasteiger partial charge is 0.203 e. The third-order valence-electron chi connectivity index (χ3n) is 4.93. The fourth-order valence-electron chi connectivity index (χ4n) is 3.33. The van der Waals surface area contributed by atoms with Crippen LogP contribution < -0.4 is 4.90 Å². The molecule has 4 rings (SSSR count). The number of halogens is 1. The van der Waals surface area contributed by atoms with E-state index in [9.17, 15) is 13.2 Å². The summed E-state index contributed by atoms with van der Waals surface area (Å²) < 4.78 is 28.8. The average molecular weight is 462 g/mol. The lowest BCUT2D eigenvalue weighted by molar-refractivity contribution is 0.104. The number of sulfone groups is 1. The van der Waals surface area contributed by atoms with Crippen molar-refractivity contribution in [2.75, 3.05) is 37.5 Å². The van der Waals surface area contributed by atoms with Crippen molar-refractivity contribution in [2.24, 2.45) is 0 Å². The predicted molar refractivity (Wildman–Crippen MR) is 121 cm³/mol. The Morgan fingerprint density at radius 3 is 2.27 bits per heavy atom. The van der Waals surface area contributed by atoms with Crippen molar-refractivity contribution in [1.29, 1.82) is 0 Å². The van der Waals surface area contributed by atoms with Gasteiger partial charge in [0.05, 0.1) is 28.0 Å². The summed E-state index contributed by atoms with van der Waals surface area (Å²) in [7, 11) is -3.30. The minimum absolute atomic E-state index is 0.130. The van der Waals surface area contributed by atoms with Gasteiger partial charge in [-0.1, -0.05) is 23.7 Å². The zero-order chi connectivity index (χ0) is 21.3. The summed E-state index contributed by atoms with van der Waals surface area (Å²) in [6.07, 6.45) is 1.15. The highest BCUT2D eigenvalue weighted by atomic mass is 35.5. The Labute approximate surface area is 184 Å². The normalized spacial score (nSPS) is 14.7. The Bertz CT molecular complexity index is 1160. The van der Waals surface area contributed by atoms with E-state index in [1.807, 2.05) is 30.3 Å². The maximum atomic E-state index is 13.1. The van der Waals surface area contributed by atoms with E-state index in [0.717, 1.165) is 35.5 Å². The first-order chi connectivity index (χ1) is 14.3. The van der Waals surface area contributed by atoms with Crippen LogP contribution in [0.4, 0.5) is 5.00 Å². The van der Waals surface area contributed by atoms with Crippen molar-refractivity contribution in [2.45, 2.75) is 4.90 Å². The van der Waals surface area contributed by atoms with Crippen LogP contribution in [-0.4, -0.2) is 46.8 Å². The van der Waals surface area contributed by atoms with Gasteiger partial charge in [-0.15, -0.1) is 11.3 Å². The quantitative estimate of drug-likeness (QED) is 0.522. The Kier molecular flexibility index (Phi) is 5.97. The van der Waals surface area contributed by atoms with Gasteiger partial charge >= 0.3 is 0 Å². The van der Waals surface area contributed by atoms with Crippen LogP contribution in [0.25, 0.3) is 11.1 Å². The van der Waals surface area contributed by atoms with Crippen molar-refractivity contribution in [3.05, 3.63) is 70.1 Å². The summed E-state index contributed by atoms with van der Waals surface area (Å²) in [6.45, 7) is 2.82. The van der Waals surface area contributed by atoms with Crippen LogP contribution in [-0.2, 0) is 14.6 Å². The monoisotopic (exact) mass is 461 g/mol. The highest BCUT2D eigenvalue weighted by molar-refractivity contribution is 7.90. The number of morpholine rings is 1. The number of nitrogens with zero attached hydrogens (tertiary/aromatic N) is 1. The molecule has 1 aliphatic rings. The summed E-state index contributed by atoms with van der Waals surface area (Å²) in [6, 6.07) is 15.5. The van der Waals surface area contributed by atoms with E-state index >= 15 is 0 Å². The number of rotatable bonds is 5. The molecule has 1 aromatic heterocycles. The second kappa shape index (κ2) is 8.51. The molecule has 1 aliphatic heterocycles. The molecular formula is C22H20ClNO4S2. The van der Waals surface area contributed by atoms with Crippen molar-refractivity contribution in [1.82, 2.24) is 0 Å². The van der Waals surface area contributed by atoms with Gasteiger partial charge in [0, 0.05) is 35.5 Å². The Morgan fingerprint density at radius 2 is 1.67 bits per heavy atom. The van der Waals surface area contributed by atoms with Gasteiger partial charge in [0.15, 0.2) is 9.84 Å². The molecule has 3 aromatic rings. The fourth-order valence-corrected chi connectivity index (χ4v) is 5.28. The molecule has 0 amide bonds. The first kappa shape index (κ1) is 21.1. The summed E-state index contributed by atoms with van der Waals surface area (Å²) in [5.74, 6) is -0.130. The minimum Gasteiger partial charge on any atom is -0.378 e. The second-order valence-corrected chi connectivity index (χ2v) is 10.5. The number of carbonyl (C=O) groups excluding carboxylic acids is 1. The van der Waals surface area contributed by atoms with Gasteiger partial charge in [0.25, 0.3) is 0 Å². The van der Waals surface area contributed by atoms with Crippen molar-refractivity contribution >= 4 is 43.6 Å². The van der Waals surface area contributed by atoms with Gasteiger partial charge in [0.1, 0.15) is 0 Å². The minimum atomic E-state index is -3.30. The largest absolute Gasteiger partial charge is 0.378 e. The van der Waals surface area contributed by atoms with Crippen molar-refractivity contribution in [3.63, 3.8) is 0 Å². The van der Waals surface area contributed by atoms with E-state index in [1.165, 1.54) is 23.5 Å². The van der Waals surface area contributed by atoms with Gasteiger partial charge in [-0.25, -0.2) is 8.42 Å². The zero-order valence-electron chi connectivity index (χ0n) is 16.3. The lowest BCUT2D eigenvalue weighted by Crippen LogP contribution is -2.35. The molecule has 1 fully saturated rings. The van der Waals surface area contributed by atoms with E-state index in [2.05, 4.69) is 4.90 Å². The molecule has 156 valence electrons. The summed E-state index contributed by atoms with van der Waals surface area (Å²) in [5.41, 5.74) is 2.43. The molecule has 5 nitrogen and oxygen atoms in total. The van der Waals surface area contributed by atoms with Crippen LogP contribution in [0.1, 0.15) is 15.2 Å². The number of hydrogen-bond donors (Lipinski definition) is 0. The third kappa shape index (κ3) is 4.44. The van der Waals surface area contributed by atoms with Crippen LogP contribution in [0.15, 0.2) is 59.5 Å². The topological polar surface area (TPSA) is 63.7 Å². The fraction of sp³-hybridized carbons (Fsp3) is 0.227. The molecule has 0 saturated carbocycles. The number of carbonyl (C=O) groups is 1. The van der Waals surface area contributed by atoms with Crippen LogP contribution in [0.5, 0.6) is 0 Å². The number of ketones is 1.